The molecule has 0 bridgehead atoms. The zero-order chi connectivity index (χ0) is 5.70. The van der Waals surface area contributed by atoms with Gasteiger partial charge < -0.3 is 0 Å². The van der Waals surface area contributed by atoms with Crippen LogP contribution in [0.15, 0.2) is 0 Å². The molecular formula is C4H10NO2+. The lowest BCUT2D eigenvalue weighted by molar-refractivity contribution is -0.771. The number of hydrogen-bond donors (Lipinski definition) is 1. The molecular weight excluding hydrogens is 94.0 g/mol. The van der Waals surface area contributed by atoms with Gasteiger partial charge in [0.05, 0.1) is 4.91 Å². The number of rotatable bonds is 3. The van der Waals surface area contributed by atoms with E-state index in [0.29, 0.717) is 12.5 Å². The van der Waals surface area contributed by atoms with Gasteiger partial charge in [0.1, 0.15) is 0 Å². The summed E-state index contributed by atoms with van der Waals surface area (Å²) in [6.45, 7) is 4.41. The average Bonchev–Trinajstić information content (AvgIpc) is 1.61. The molecule has 0 saturated carbocycles. The zero-order valence-electron chi connectivity index (χ0n) is 4.60. The Morgan fingerprint density at radius 2 is 2.29 bits per heavy atom. The van der Waals surface area contributed by atoms with Crippen LogP contribution < -0.4 is 5.34 Å². The summed E-state index contributed by atoms with van der Waals surface area (Å²) < 4.78 is 0. The first-order valence-electron chi connectivity index (χ1n) is 2.26. The highest BCUT2D eigenvalue weighted by Gasteiger charge is 1.93. The van der Waals surface area contributed by atoms with E-state index in [1.54, 1.807) is 0 Å². The van der Waals surface area contributed by atoms with Gasteiger partial charge in [-0.3, -0.25) is 0 Å². The van der Waals surface area contributed by atoms with Gasteiger partial charge in [0.25, 0.3) is 0 Å². The first kappa shape index (κ1) is 6.40. The van der Waals surface area contributed by atoms with Gasteiger partial charge in [0.15, 0.2) is 6.61 Å². The second-order valence-corrected chi connectivity index (χ2v) is 1.79. The molecule has 0 radical (unpaired) electrons. The Morgan fingerprint density at radius 1 is 1.71 bits per heavy atom. The molecule has 0 atom stereocenters. The predicted molar refractivity (Wildman–Crippen MR) is 25.1 cm³/mol. The van der Waals surface area contributed by atoms with Gasteiger partial charge in [-0.1, -0.05) is 13.8 Å². The van der Waals surface area contributed by atoms with Crippen molar-refractivity contribution in [2.24, 2.45) is 5.92 Å². The highest BCUT2D eigenvalue weighted by Crippen LogP contribution is 1.86. The lowest BCUT2D eigenvalue weighted by Gasteiger charge is -1.91. The minimum absolute atomic E-state index is 0.418. The van der Waals surface area contributed by atoms with E-state index >= 15 is 0 Å². The second kappa shape index (κ2) is 3.59. The van der Waals surface area contributed by atoms with Crippen molar-refractivity contribution in [3.63, 3.8) is 0 Å². The van der Waals surface area contributed by atoms with E-state index in [1.807, 2.05) is 13.8 Å². The molecule has 0 spiro atoms. The molecule has 3 nitrogen and oxygen atoms in total. The van der Waals surface area contributed by atoms with Crippen molar-refractivity contribution in [3.8, 4) is 0 Å². The summed E-state index contributed by atoms with van der Waals surface area (Å²) in [5.41, 5.74) is 0. The van der Waals surface area contributed by atoms with Crippen LogP contribution in [0.2, 0.25) is 0 Å². The molecule has 0 rings (SSSR count). The van der Waals surface area contributed by atoms with Crippen LogP contribution in [-0.4, -0.2) is 6.61 Å². The topological polar surface area (TPSA) is 40.3 Å². The van der Waals surface area contributed by atoms with Gasteiger partial charge in [-0.15, -0.1) is 0 Å². The third-order valence-electron chi connectivity index (χ3n) is 0.476. The van der Waals surface area contributed by atoms with Crippen molar-refractivity contribution in [2.45, 2.75) is 13.8 Å². The van der Waals surface area contributed by atoms with Crippen LogP contribution in [0.5, 0.6) is 0 Å². The largest absolute Gasteiger partial charge is 0.234 e. The third kappa shape index (κ3) is 5.40. The van der Waals surface area contributed by atoms with Gasteiger partial charge in [-0.05, 0) is 5.92 Å². The third-order valence-corrected chi connectivity index (χ3v) is 0.476. The fraction of sp³-hybridized carbons (Fsp3) is 1.00. The summed E-state index contributed by atoms with van der Waals surface area (Å²) in [6.07, 6.45) is 0. The molecule has 0 amide bonds. The smallest absolute Gasteiger partial charge is 0.201 e. The van der Waals surface area contributed by atoms with Gasteiger partial charge in [0.2, 0.25) is 5.34 Å². The second-order valence-electron chi connectivity index (χ2n) is 1.79. The molecule has 0 unspecified atom stereocenters. The summed E-state index contributed by atoms with van der Waals surface area (Å²) in [6, 6.07) is 0. The maximum atomic E-state index is 9.36. The fourth-order valence-electron chi connectivity index (χ4n) is 0.201. The van der Waals surface area contributed by atoms with Gasteiger partial charge >= 0.3 is 0 Å². The molecule has 3 heteroatoms. The first-order chi connectivity index (χ1) is 3.27. The Morgan fingerprint density at radius 3 is 2.43 bits per heavy atom. The standard InChI is InChI=1S/C4H10NO2/c1-4(2)3-7-5-6/h4-5H,3H2,1-2H3/q+1. The van der Waals surface area contributed by atoms with Crippen molar-refractivity contribution in [1.82, 2.24) is 0 Å². The van der Waals surface area contributed by atoms with E-state index in [0.717, 1.165) is 0 Å². The number of hydrogen-bond acceptors (Lipinski definition) is 2. The van der Waals surface area contributed by atoms with Crippen molar-refractivity contribution >= 4 is 0 Å². The minimum Gasteiger partial charge on any atom is -0.234 e. The molecule has 0 fully saturated rings. The molecule has 0 aromatic heterocycles. The molecule has 0 aliphatic carbocycles. The van der Waals surface area contributed by atoms with Gasteiger partial charge in [-0.2, -0.15) is 0 Å². The van der Waals surface area contributed by atoms with Crippen LogP contribution in [0, 0.1) is 10.8 Å². The van der Waals surface area contributed by atoms with Gasteiger partial charge in [0, 0.05) is 0 Å². The molecule has 0 aliphatic heterocycles. The molecule has 7 heavy (non-hydrogen) atoms. The highest BCUT2D eigenvalue weighted by atomic mass is 16.7. The monoisotopic (exact) mass is 104 g/mol. The molecule has 42 valence electrons. The van der Waals surface area contributed by atoms with Crippen LogP contribution in [0.4, 0.5) is 0 Å². The van der Waals surface area contributed by atoms with E-state index in [2.05, 4.69) is 4.84 Å². The maximum absolute atomic E-state index is 9.36. The Balaban J connectivity index is 2.81. The molecule has 0 aliphatic rings. The van der Waals surface area contributed by atoms with Crippen LogP contribution in [0.1, 0.15) is 13.8 Å². The van der Waals surface area contributed by atoms with Gasteiger partial charge in [-0.25, -0.2) is 4.84 Å². The normalized spacial score (nSPS) is 9.00. The van der Waals surface area contributed by atoms with Crippen LogP contribution in [0.25, 0.3) is 0 Å². The zero-order valence-corrected chi connectivity index (χ0v) is 4.60. The van der Waals surface area contributed by atoms with Crippen molar-refractivity contribution in [1.29, 1.82) is 0 Å². The Kier molecular flexibility index (Phi) is 3.28. The summed E-state index contributed by atoms with van der Waals surface area (Å²) in [7, 11) is 0. The highest BCUT2D eigenvalue weighted by molar-refractivity contribution is 4.33. The Labute approximate surface area is 42.6 Å². The quantitative estimate of drug-likeness (QED) is 0.487. The van der Waals surface area contributed by atoms with Crippen molar-refractivity contribution in [3.05, 3.63) is 4.91 Å². The lowest BCUT2D eigenvalue weighted by atomic mass is 10.2. The van der Waals surface area contributed by atoms with E-state index in [1.165, 1.54) is 5.34 Å². The SMILES string of the molecule is CC(C)CO[NH+]=O. The molecule has 0 aromatic rings. The summed E-state index contributed by atoms with van der Waals surface area (Å²) in [5, 5.41) is 1.35. The van der Waals surface area contributed by atoms with E-state index in [4.69, 9.17) is 0 Å². The van der Waals surface area contributed by atoms with Crippen LogP contribution >= 0.6 is 0 Å². The van der Waals surface area contributed by atoms with Crippen molar-refractivity contribution in [2.75, 3.05) is 6.61 Å². The van der Waals surface area contributed by atoms with E-state index in [9.17, 15) is 4.91 Å². The summed E-state index contributed by atoms with van der Waals surface area (Å²) in [5.74, 6) is 0.418. The molecule has 0 heterocycles. The molecule has 0 aromatic carbocycles. The summed E-state index contributed by atoms with van der Waals surface area (Å²) in [4.78, 5) is 13.7. The fourth-order valence-corrected chi connectivity index (χ4v) is 0.201. The van der Waals surface area contributed by atoms with E-state index in [-0.39, 0.29) is 0 Å². The average molecular weight is 104 g/mol. The summed E-state index contributed by atoms with van der Waals surface area (Å²) >= 11 is 0. The molecule has 0 saturated heterocycles. The Hall–Kier alpha value is -0.600. The maximum Gasteiger partial charge on any atom is 0.201 e. The molecule has 1 N–H and O–H groups in total. The van der Waals surface area contributed by atoms with Crippen LogP contribution in [-0.2, 0) is 4.84 Å². The predicted octanol–water partition coefficient (Wildman–Crippen LogP) is -0.579. The van der Waals surface area contributed by atoms with Crippen LogP contribution in [0.3, 0.4) is 0 Å². The number of nitrogens with one attached hydrogen (secondary N) is 1. The van der Waals surface area contributed by atoms with E-state index < -0.39 is 0 Å². The lowest BCUT2D eigenvalue weighted by Crippen LogP contribution is -2.63. The minimum atomic E-state index is 0.418. The first-order valence-corrected chi connectivity index (χ1v) is 2.26. The Bertz CT molecular complexity index is 53.7. The van der Waals surface area contributed by atoms with Crippen molar-refractivity contribution < 1.29 is 10.2 Å².